The molecule has 0 heterocycles. The van der Waals surface area contributed by atoms with E-state index in [-0.39, 0.29) is 10.8 Å². The van der Waals surface area contributed by atoms with Crippen molar-refractivity contribution in [2.24, 2.45) is 5.92 Å². The summed E-state index contributed by atoms with van der Waals surface area (Å²) in [4.78, 5) is 23.5. The lowest BCUT2D eigenvalue weighted by molar-refractivity contribution is -0.117. The minimum absolute atomic E-state index is 0.00471. The number of rotatable bonds is 5. The zero-order valence-corrected chi connectivity index (χ0v) is 12.8. The number of thioether (sulfide) groups is 1. The highest BCUT2D eigenvalue weighted by molar-refractivity contribution is 8.00. The summed E-state index contributed by atoms with van der Waals surface area (Å²) in [5.41, 5.74) is 0. The van der Waals surface area contributed by atoms with Crippen molar-refractivity contribution in [1.29, 1.82) is 0 Å². The highest BCUT2D eigenvalue weighted by atomic mass is 35.5. The zero-order chi connectivity index (χ0) is 15.1. The first-order chi connectivity index (χ1) is 9.38. The average Bonchev–Trinajstić information content (AvgIpc) is 2.38. The standard InChI is InChI=1S/C13H16ClFN2O2S/c1-8(2)6-16-13(19)17-12(18)7-20-9-3-4-11(15)10(14)5-9/h3-5,8H,6-7H2,1-2H3,(H2,16,17,18,19). The van der Waals surface area contributed by atoms with Crippen molar-refractivity contribution in [3.63, 3.8) is 0 Å². The Morgan fingerprint density at radius 1 is 1.40 bits per heavy atom. The van der Waals surface area contributed by atoms with E-state index in [1.54, 1.807) is 0 Å². The van der Waals surface area contributed by atoms with E-state index in [9.17, 15) is 14.0 Å². The third-order valence-corrected chi connectivity index (χ3v) is 3.47. The first kappa shape index (κ1) is 16.8. The second-order valence-corrected chi connectivity index (χ2v) is 5.97. The Balaban J connectivity index is 2.35. The molecule has 0 aromatic heterocycles. The quantitative estimate of drug-likeness (QED) is 0.820. The molecule has 0 atom stereocenters. The van der Waals surface area contributed by atoms with Crippen LogP contribution in [0.2, 0.25) is 5.02 Å². The van der Waals surface area contributed by atoms with Crippen LogP contribution in [0.25, 0.3) is 0 Å². The largest absolute Gasteiger partial charge is 0.338 e. The van der Waals surface area contributed by atoms with Gasteiger partial charge in [0.25, 0.3) is 0 Å². The maximum Gasteiger partial charge on any atom is 0.321 e. The van der Waals surface area contributed by atoms with E-state index >= 15 is 0 Å². The molecule has 20 heavy (non-hydrogen) atoms. The van der Waals surface area contributed by atoms with Crippen molar-refractivity contribution in [2.75, 3.05) is 12.3 Å². The topological polar surface area (TPSA) is 58.2 Å². The van der Waals surface area contributed by atoms with Crippen molar-refractivity contribution in [2.45, 2.75) is 18.7 Å². The van der Waals surface area contributed by atoms with Crippen molar-refractivity contribution >= 4 is 35.3 Å². The molecule has 7 heteroatoms. The maximum absolute atomic E-state index is 12.9. The molecule has 0 aliphatic carbocycles. The number of hydrogen-bond acceptors (Lipinski definition) is 3. The van der Waals surface area contributed by atoms with Crippen LogP contribution >= 0.6 is 23.4 Å². The summed E-state index contributed by atoms with van der Waals surface area (Å²) < 4.78 is 12.9. The Morgan fingerprint density at radius 2 is 2.10 bits per heavy atom. The van der Waals surface area contributed by atoms with Gasteiger partial charge in [-0.05, 0) is 24.1 Å². The van der Waals surface area contributed by atoms with Crippen molar-refractivity contribution in [1.82, 2.24) is 10.6 Å². The number of amides is 3. The Bertz CT molecular complexity index is 497. The van der Waals surface area contributed by atoms with Crippen molar-refractivity contribution in [3.05, 3.63) is 29.0 Å². The number of carbonyl (C=O) groups is 2. The Hall–Kier alpha value is -1.27. The molecular formula is C13H16ClFN2O2S. The number of benzene rings is 1. The van der Waals surface area contributed by atoms with Crippen molar-refractivity contribution in [3.8, 4) is 0 Å². The summed E-state index contributed by atoms with van der Waals surface area (Å²) in [6.45, 7) is 4.41. The molecule has 110 valence electrons. The van der Waals surface area contributed by atoms with Crippen LogP contribution in [0, 0.1) is 11.7 Å². The number of halogens is 2. The number of imide groups is 1. The molecule has 0 radical (unpaired) electrons. The van der Waals surface area contributed by atoms with Gasteiger partial charge < -0.3 is 5.32 Å². The van der Waals surface area contributed by atoms with E-state index in [0.717, 1.165) is 0 Å². The lowest BCUT2D eigenvalue weighted by atomic mass is 10.2. The van der Waals surface area contributed by atoms with E-state index in [1.807, 2.05) is 13.8 Å². The summed E-state index contributed by atoms with van der Waals surface area (Å²) in [6, 6.07) is 3.69. The third kappa shape index (κ3) is 6.25. The summed E-state index contributed by atoms with van der Waals surface area (Å²) >= 11 is 6.81. The summed E-state index contributed by atoms with van der Waals surface area (Å²) in [5, 5.41) is 4.80. The van der Waals surface area contributed by atoms with Crippen LogP contribution in [0.1, 0.15) is 13.8 Å². The summed E-state index contributed by atoms with van der Waals surface area (Å²) in [7, 11) is 0. The second kappa shape index (κ2) is 8.11. The normalized spacial score (nSPS) is 10.4. The molecule has 0 saturated heterocycles. The molecular weight excluding hydrogens is 303 g/mol. The first-order valence-corrected chi connectivity index (χ1v) is 7.40. The van der Waals surface area contributed by atoms with Crippen LogP contribution in [0.5, 0.6) is 0 Å². The van der Waals surface area contributed by atoms with E-state index < -0.39 is 17.8 Å². The van der Waals surface area contributed by atoms with Gasteiger partial charge in [-0.1, -0.05) is 25.4 Å². The third-order valence-electron chi connectivity index (χ3n) is 2.18. The molecule has 0 aliphatic heterocycles. The molecule has 0 unspecified atom stereocenters. The van der Waals surface area contributed by atoms with E-state index in [2.05, 4.69) is 10.6 Å². The van der Waals surface area contributed by atoms with E-state index in [1.165, 1.54) is 30.0 Å². The first-order valence-electron chi connectivity index (χ1n) is 6.04. The number of hydrogen-bond donors (Lipinski definition) is 2. The highest BCUT2D eigenvalue weighted by Gasteiger charge is 2.09. The maximum atomic E-state index is 12.9. The van der Waals surface area contributed by atoms with Crippen LogP contribution in [-0.4, -0.2) is 24.2 Å². The Morgan fingerprint density at radius 3 is 2.70 bits per heavy atom. The minimum atomic E-state index is -0.513. The van der Waals surface area contributed by atoms with Gasteiger partial charge in [-0.15, -0.1) is 11.8 Å². The summed E-state index contributed by atoms with van der Waals surface area (Å²) in [5.74, 6) is -0.561. The molecule has 0 saturated carbocycles. The van der Waals surface area contributed by atoms with Gasteiger partial charge in [0.05, 0.1) is 10.8 Å². The molecule has 1 rings (SSSR count). The van der Waals surface area contributed by atoms with Gasteiger partial charge in [0.2, 0.25) is 5.91 Å². The molecule has 2 N–H and O–H groups in total. The average molecular weight is 319 g/mol. The van der Waals surface area contributed by atoms with Gasteiger partial charge in [-0.2, -0.15) is 0 Å². The predicted molar refractivity (Wildman–Crippen MR) is 78.5 cm³/mol. The predicted octanol–water partition coefficient (Wildman–Crippen LogP) is 3.05. The van der Waals surface area contributed by atoms with Crippen LogP contribution in [0.4, 0.5) is 9.18 Å². The Kier molecular flexibility index (Phi) is 6.81. The van der Waals surface area contributed by atoms with Crippen LogP contribution in [-0.2, 0) is 4.79 Å². The Labute approximate surface area is 126 Å². The van der Waals surface area contributed by atoms with Crippen LogP contribution in [0.3, 0.4) is 0 Å². The van der Waals surface area contributed by atoms with E-state index in [4.69, 9.17) is 11.6 Å². The van der Waals surface area contributed by atoms with Gasteiger partial charge in [0.15, 0.2) is 0 Å². The number of urea groups is 1. The second-order valence-electron chi connectivity index (χ2n) is 4.52. The zero-order valence-electron chi connectivity index (χ0n) is 11.2. The minimum Gasteiger partial charge on any atom is -0.338 e. The van der Waals surface area contributed by atoms with Gasteiger partial charge in [0, 0.05) is 11.4 Å². The fraction of sp³-hybridized carbons (Fsp3) is 0.385. The molecule has 1 aromatic rings. The molecule has 1 aromatic carbocycles. The molecule has 3 amide bonds. The molecule has 0 bridgehead atoms. The van der Waals surface area contributed by atoms with Crippen LogP contribution in [0.15, 0.2) is 23.1 Å². The van der Waals surface area contributed by atoms with Gasteiger partial charge in [-0.3, -0.25) is 10.1 Å². The molecule has 0 aliphatic rings. The molecule has 0 fully saturated rings. The summed E-state index contributed by atoms with van der Waals surface area (Å²) in [6.07, 6.45) is 0. The smallest absolute Gasteiger partial charge is 0.321 e. The van der Waals surface area contributed by atoms with Gasteiger partial charge in [-0.25, -0.2) is 9.18 Å². The van der Waals surface area contributed by atoms with E-state index in [0.29, 0.717) is 17.4 Å². The fourth-order valence-electron chi connectivity index (χ4n) is 1.22. The lowest BCUT2D eigenvalue weighted by Crippen LogP contribution is -2.41. The number of carbonyl (C=O) groups excluding carboxylic acids is 2. The molecule has 4 nitrogen and oxygen atoms in total. The highest BCUT2D eigenvalue weighted by Crippen LogP contribution is 2.23. The van der Waals surface area contributed by atoms with Gasteiger partial charge >= 0.3 is 6.03 Å². The van der Waals surface area contributed by atoms with Crippen molar-refractivity contribution < 1.29 is 14.0 Å². The van der Waals surface area contributed by atoms with Crippen LogP contribution < -0.4 is 10.6 Å². The number of nitrogens with one attached hydrogen (secondary N) is 2. The molecule has 0 spiro atoms. The lowest BCUT2D eigenvalue weighted by Gasteiger charge is -2.08. The SMILES string of the molecule is CC(C)CNC(=O)NC(=O)CSc1ccc(F)c(Cl)c1. The fourth-order valence-corrected chi connectivity index (χ4v) is 2.20. The monoisotopic (exact) mass is 318 g/mol. The van der Waals surface area contributed by atoms with Gasteiger partial charge in [0.1, 0.15) is 5.82 Å².